The van der Waals surface area contributed by atoms with Crippen LogP contribution in [0, 0.1) is 6.92 Å². The SMILES string of the molecule is COc1cc2c(cc1OC)CN(c1nc3cc(C)nn3c3ccccc13)CC2. The van der Waals surface area contributed by atoms with E-state index in [1.165, 1.54) is 11.1 Å². The molecular formula is C22H22N4O2. The molecule has 3 heterocycles. The lowest BCUT2D eigenvalue weighted by atomic mass is 9.98. The number of aromatic nitrogens is 3. The first-order valence-electron chi connectivity index (χ1n) is 9.42. The van der Waals surface area contributed by atoms with Crippen LogP contribution in [0.3, 0.4) is 0 Å². The molecule has 0 fully saturated rings. The van der Waals surface area contributed by atoms with Gasteiger partial charge in [-0.1, -0.05) is 12.1 Å². The van der Waals surface area contributed by atoms with Gasteiger partial charge in [-0.25, -0.2) is 9.50 Å². The average Bonchev–Trinajstić information content (AvgIpc) is 3.12. The Morgan fingerprint density at radius 3 is 2.50 bits per heavy atom. The van der Waals surface area contributed by atoms with E-state index in [1.54, 1.807) is 14.2 Å². The Morgan fingerprint density at radius 2 is 1.71 bits per heavy atom. The first kappa shape index (κ1) is 16.9. The monoisotopic (exact) mass is 374 g/mol. The van der Waals surface area contributed by atoms with Gasteiger partial charge in [-0.05, 0) is 48.7 Å². The van der Waals surface area contributed by atoms with Crippen LogP contribution < -0.4 is 14.4 Å². The highest BCUT2D eigenvalue weighted by molar-refractivity contribution is 5.91. The number of para-hydroxylation sites is 1. The summed E-state index contributed by atoms with van der Waals surface area (Å²) >= 11 is 0. The number of aryl methyl sites for hydroxylation is 1. The molecule has 6 heteroatoms. The van der Waals surface area contributed by atoms with Crippen molar-refractivity contribution in [3.05, 3.63) is 59.3 Å². The van der Waals surface area contributed by atoms with Gasteiger partial charge in [0.15, 0.2) is 17.1 Å². The number of rotatable bonds is 3. The first-order chi connectivity index (χ1) is 13.7. The minimum absolute atomic E-state index is 0.766. The summed E-state index contributed by atoms with van der Waals surface area (Å²) in [5.74, 6) is 2.56. The van der Waals surface area contributed by atoms with Crippen LogP contribution in [-0.2, 0) is 13.0 Å². The van der Waals surface area contributed by atoms with Crippen molar-refractivity contribution in [3.8, 4) is 11.5 Å². The molecule has 2 aromatic heterocycles. The molecule has 0 spiro atoms. The summed E-state index contributed by atoms with van der Waals surface area (Å²) in [5.41, 5.74) is 5.48. The van der Waals surface area contributed by atoms with Crippen LogP contribution in [0.25, 0.3) is 16.6 Å². The van der Waals surface area contributed by atoms with Crippen molar-refractivity contribution in [1.29, 1.82) is 0 Å². The van der Waals surface area contributed by atoms with Gasteiger partial charge >= 0.3 is 0 Å². The predicted octanol–water partition coefficient (Wildman–Crippen LogP) is 3.77. The van der Waals surface area contributed by atoms with Crippen LogP contribution in [0.2, 0.25) is 0 Å². The quantitative estimate of drug-likeness (QED) is 0.546. The molecule has 0 atom stereocenters. The van der Waals surface area contributed by atoms with E-state index in [-0.39, 0.29) is 0 Å². The molecule has 142 valence electrons. The predicted molar refractivity (Wildman–Crippen MR) is 110 cm³/mol. The Labute approximate surface area is 163 Å². The standard InChI is InChI=1S/C22H22N4O2/c1-14-10-21-23-22(17-6-4-5-7-18(17)26(21)24-14)25-9-8-15-11-19(27-2)20(28-3)12-16(15)13-25/h4-7,10-12H,8-9,13H2,1-3H3. The van der Waals surface area contributed by atoms with E-state index in [1.807, 2.05) is 23.6 Å². The lowest BCUT2D eigenvalue weighted by Gasteiger charge is -2.31. The van der Waals surface area contributed by atoms with Gasteiger partial charge in [0.25, 0.3) is 0 Å². The zero-order valence-corrected chi connectivity index (χ0v) is 16.3. The molecular weight excluding hydrogens is 352 g/mol. The van der Waals surface area contributed by atoms with Gasteiger partial charge in [-0.2, -0.15) is 5.10 Å². The minimum atomic E-state index is 0.766. The zero-order valence-electron chi connectivity index (χ0n) is 16.3. The lowest BCUT2D eigenvalue weighted by molar-refractivity contribution is 0.353. The van der Waals surface area contributed by atoms with Gasteiger partial charge in [0, 0.05) is 24.5 Å². The lowest BCUT2D eigenvalue weighted by Crippen LogP contribution is -2.31. The van der Waals surface area contributed by atoms with E-state index < -0.39 is 0 Å². The molecule has 5 rings (SSSR count). The van der Waals surface area contributed by atoms with E-state index in [2.05, 4.69) is 40.3 Å². The fourth-order valence-electron chi connectivity index (χ4n) is 4.06. The zero-order chi connectivity index (χ0) is 19.3. The number of fused-ring (bicyclic) bond motifs is 4. The number of nitrogens with zero attached hydrogens (tertiary/aromatic N) is 4. The molecule has 28 heavy (non-hydrogen) atoms. The van der Waals surface area contributed by atoms with Gasteiger partial charge in [0.05, 0.1) is 25.4 Å². The van der Waals surface area contributed by atoms with E-state index >= 15 is 0 Å². The number of hydrogen-bond donors (Lipinski definition) is 0. The number of hydrogen-bond acceptors (Lipinski definition) is 5. The fraction of sp³-hybridized carbons (Fsp3) is 0.273. The summed E-state index contributed by atoms with van der Waals surface area (Å²) in [4.78, 5) is 7.31. The molecule has 6 nitrogen and oxygen atoms in total. The second-order valence-electron chi connectivity index (χ2n) is 7.16. The molecule has 1 aliphatic heterocycles. The average molecular weight is 374 g/mol. The summed E-state index contributed by atoms with van der Waals surface area (Å²) in [6, 6.07) is 14.5. The number of ether oxygens (including phenoxy) is 2. The highest BCUT2D eigenvalue weighted by Gasteiger charge is 2.23. The van der Waals surface area contributed by atoms with Gasteiger partial charge < -0.3 is 14.4 Å². The molecule has 4 aromatic rings. The molecule has 0 saturated heterocycles. The Kier molecular flexibility index (Phi) is 3.86. The Hall–Kier alpha value is -3.28. The highest BCUT2D eigenvalue weighted by atomic mass is 16.5. The van der Waals surface area contributed by atoms with E-state index in [0.29, 0.717) is 0 Å². The van der Waals surface area contributed by atoms with Crippen molar-refractivity contribution in [2.24, 2.45) is 0 Å². The number of anilines is 1. The van der Waals surface area contributed by atoms with Crippen molar-refractivity contribution < 1.29 is 9.47 Å². The second-order valence-corrected chi connectivity index (χ2v) is 7.16. The van der Waals surface area contributed by atoms with E-state index in [9.17, 15) is 0 Å². The van der Waals surface area contributed by atoms with Crippen molar-refractivity contribution in [2.75, 3.05) is 25.7 Å². The molecule has 0 amide bonds. The highest BCUT2D eigenvalue weighted by Crippen LogP contribution is 2.35. The largest absolute Gasteiger partial charge is 0.493 e. The molecule has 0 bridgehead atoms. The van der Waals surface area contributed by atoms with Gasteiger partial charge in [-0.15, -0.1) is 0 Å². The molecule has 0 aliphatic carbocycles. The van der Waals surface area contributed by atoms with Crippen molar-refractivity contribution in [3.63, 3.8) is 0 Å². The third-order valence-electron chi connectivity index (χ3n) is 5.42. The summed E-state index contributed by atoms with van der Waals surface area (Å²) in [6.07, 6.45) is 0.940. The maximum atomic E-state index is 5.50. The van der Waals surface area contributed by atoms with Crippen molar-refractivity contribution in [2.45, 2.75) is 19.9 Å². The summed E-state index contributed by atoms with van der Waals surface area (Å²) in [5, 5.41) is 5.72. The smallest absolute Gasteiger partial charge is 0.161 e. The minimum Gasteiger partial charge on any atom is -0.493 e. The Balaban J connectivity index is 1.63. The molecule has 1 aliphatic rings. The molecule has 0 N–H and O–H groups in total. The summed E-state index contributed by atoms with van der Waals surface area (Å²) in [7, 11) is 3.36. The van der Waals surface area contributed by atoms with E-state index in [4.69, 9.17) is 14.5 Å². The Bertz CT molecular complexity index is 1200. The first-order valence-corrected chi connectivity index (χ1v) is 9.42. The normalized spacial score (nSPS) is 13.8. The van der Waals surface area contributed by atoms with Gasteiger partial charge in [-0.3, -0.25) is 0 Å². The van der Waals surface area contributed by atoms with E-state index in [0.717, 1.165) is 59.1 Å². The second kappa shape index (κ2) is 6.41. The van der Waals surface area contributed by atoms with Gasteiger partial charge in [0.1, 0.15) is 5.82 Å². The van der Waals surface area contributed by atoms with Crippen LogP contribution in [-0.4, -0.2) is 35.4 Å². The Morgan fingerprint density at radius 1 is 0.964 bits per heavy atom. The fourth-order valence-corrected chi connectivity index (χ4v) is 4.06. The molecule has 2 aromatic carbocycles. The maximum Gasteiger partial charge on any atom is 0.161 e. The van der Waals surface area contributed by atoms with Crippen LogP contribution in [0.1, 0.15) is 16.8 Å². The molecule has 0 unspecified atom stereocenters. The van der Waals surface area contributed by atoms with Crippen LogP contribution in [0.15, 0.2) is 42.5 Å². The van der Waals surface area contributed by atoms with Crippen LogP contribution in [0.5, 0.6) is 11.5 Å². The third kappa shape index (κ3) is 2.56. The topological polar surface area (TPSA) is 51.9 Å². The van der Waals surface area contributed by atoms with Gasteiger partial charge in [0.2, 0.25) is 0 Å². The summed E-state index contributed by atoms with van der Waals surface area (Å²) < 4.78 is 12.9. The summed E-state index contributed by atoms with van der Waals surface area (Å²) in [6.45, 7) is 3.69. The third-order valence-corrected chi connectivity index (χ3v) is 5.42. The number of methoxy groups -OCH3 is 2. The van der Waals surface area contributed by atoms with Crippen LogP contribution in [0.4, 0.5) is 5.82 Å². The maximum absolute atomic E-state index is 5.50. The molecule has 0 saturated carbocycles. The number of benzene rings is 2. The molecule has 0 radical (unpaired) electrons. The van der Waals surface area contributed by atoms with Crippen molar-refractivity contribution in [1.82, 2.24) is 14.6 Å². The van der Waals surface area contributed by atoms with Crippen molar-refractivity contribution >= 4 is 22.4 Å². The van der Waals surface area contributed by atoms with Crippen LogP contribution >= 0.6 is 0 Å².